The van der Waals surface area contributed by atoms with Crippen LogP contribution in [0, 0.1) is 17.7 Å². The average molecular weight is 1550 g/mol. The van der Waals surface area contributed by atoms with Gasteiger partial charge in [-0.05, 0) is 119 Å². The van der Waals surface area contributed by atoms with Crippen LogP contribution in [-0.2, 0) is 80.0 Å². The van der Waals surface area contributed by atoms with E-state index in [9.17, 15) is 82.1 Å². The fourth-order valence-corrected chi connectivity index (χ4v) is 11.7. The predicted molar refractivity (Wildman–Crippen MR) is 407 cm³/mol. The fourth-order valence-electron chi connectivity index (χ4n) is 11.7. The molecule has 2 fully saturated rings. The van der Waals surface area contributed by atoms with Crippen LogP contribution in [0.3, 0.4) is 0 Å². The minimum Gasteiger partial charge on any atom is -0.481 e. The molecule has 0 radical (unpaired) electrons. The van der Waals surface area contributed by atoms with Crippen LogP contribution in [0.15, 0.2) is 108 Å². The van der Waals surface area contributed by atoms with Crippen LogP contribution in [-0.4, -0.2) is 216 Å². The zero-order chi connectivity index (χ0) is 81.5. The topological polar surface area (TPSA) is 588 Å². The van der Waals surface area contributed by atoms with Gasteiger partial charge in [0.05, 0.1) is 43.5 Å². The van der Waals surface area contributed by atoms with Crippen molar-refractivity contribution in [3.8, 4) is 0 Å². The number of carbonyl (C=O) groups is 15. The third kappa shape index (κ3) is 32.1. The van der Waals surface area contributed by atoms with E-state index >= 15 is 0 Å². The Balaban J connectivity index is 1.18. The van der Waals surface area contributed by atoms with Gasteiger partial charge in [-0.2, -0.15) is 5.10 Å². The molecule has 3 heterocycles. The molecule has 1 aromatic heterocycles. The third-order valence-electron chi connectivity index (χ3n) is 17.7. The number of nitrogens with two attached hydrogens (primary N) is 1. The monoisotopic (exact) mass is 1550 g/mol. The number of pyridine rings is 1. The second kappa shape index (κ2) is 46.4. The van der Waals surface area contributed by atoms with E-state index < -0.39 is 169 Å². The number of anilines is 1. The molecule has 9 atom stereocenters. The Bertz CT molecular complexity index is 4000. The fraction of sp³-hybridized carbons (Fsp3) is 0.446. The molecule has 0 aliphatic carbocycles. The summed E-state index contributed by atoms with van der Waals surface area (Å²) in [5, 5.41) is 77.6. The summed E-state index contributed by atoms with van der Waals surface area (Å²) in [5.74, 6) is -14.1. The first-order valence-corrected chi connectivity index (χ1v) is 36.6. The second-order valence-corrected chi connectivity index (χ2v) is 26.7. The molecule has 38 nitrogen and oxygen atoms in total. The standard InChI is InChI=1S/C74H99N21O17/c1-43-17-9-10-22-47(43)40-85-95-58-29-27-48(39-82-58)64(103)88-53(65(104)80-32-14-12-24-52-69(108)89-49(25-15-33-78-44(2)75)66(105)83-41-60(97)86-56(37-62(99)100)73(112)94-55(71(110)92-52)36-46-20-7-4-8-21-46)28-30-59(96)79-31-13-11-23-51-68(107)90-50(26-16-34-81-74(76)77)67(106)84-42-61(98)87-57(38-63(101)102)72(111)93-54(70(109)91-51)35-45-18-5-3-6-19-45/h3-10,17-22,27,29,39-40,49-57H,11-16,23-26,28,30-38,41-42H2,1-2H3,(H2,75,78)(H,79,96)(H,80,104)(H,82,95)(H,83,105)(H,84,106)(H,86,97)(H,87,98)(H,88,103)(H,89,108)(H,90,107)(H,91,109)(H,92,110)(H,93,111)(H,94,112)(H,99,100)(H,101,102)(H4,76,77,81)/b85-40-/t49-,50-,51-,52-,53-,54+,55+,56-,57-/m0/s1. The van der Waals surface area contributed by atoms with Gasteiger partial charge in [-0.3, -0.25) is 88.2 Å². The van der Waals surface area contributed by atoms with E-state index in [0.29, 0.717) is 11.1 Å². The van der Waals surface area contributed by atoms with Crippen molar-refractivity contribution < 1.29 is 82.1 Å². The van der Waals surface area contributed by atoms with Gasteiger partial charge in [0.2, 0.25) is 70.9 Å². The number of hydrogen-bond donors (Lipinski definition) is 21. The van der Waals surface area contributed by atoms with Crippen LogP contribution in [0.2, 0.25) is 0 Å². The van der Waals surface area contributed by atoms with Crippen LogP contribution in [0.4, 0.5) is 5.82 Å². The molecule has 38 heteroatoms. The van der Waals surface area contributed by atoms with E-state index in [1.807, 2.05) is 31.2 Å². The van der Waals surface area contributed by atoms with E-state index in [0.717, 1.165) is 11.1 Å². The van der Waals surface area contributed by atoms with Gasteiger partial charge in [0, 0.05) is 51.6 Å². The molecule has 2 saturated heterocycles. The Morgan fingerprint density at radius 3 is 1.41 bits per heavy atom. The molecule has 602 valence electrons. The lowest BCUT2D eigenvalue weighted by Gasteiger charge is -2.26. The maximum atomic E-state index is 14.4. The van der Waals surface area contributed by atoms with Crippen LogP contribution < -0.4 is 90.9 Å². The summed E-state index contributed by atoms with van der Waals surface area (Å²) in [7, 11) is 0. The highest BCUT2D eigenvalue weighted by molar-refractivity contribution is 6.01. The van der Waals surface area contributed by atoms with Gasteiger partial charge in [-0.25, -0.2) is 4.98 Å². The molecular formula is C74H99N21O17. The molecular weight excluding hydrogens is 1450 g/mol. The van der Waals surface area contributed by atoms with Crippen molar-refractivity contribution in [3.63, 3.8) is 0 Å². The van der Waals surface area contributed by atoms with Gasteiger partial charge in [0.15, 0.2) is 5.96 Å². The Hall–Kier alpha value is -12.9. The molecule has 0 bridgehead atoms. The number of nitrogens with one attached hydrogen (secondary N) is 18. The van der Waals surface area contributed by atoms with Gasteiger partial charge in [0.25, 0.3) is 5.91 Å². The SMILES string of the molecule is CC(=N)NCCC[C@@H]1NC(=O)[C@H](CCCCNC(=O)[C@H](CCC(=O)NCCCC[C@@H]2NC(=O)[C@@H](Cc3ccccc3)NC(=O)[C@H](CC(=O)O)NC(=O)CNC(=O)[C@H](CCCNC(=N)N)NC2=O)NC(=O)c2ccc(N/N=C\c3ccccc3C)nc2)NC(=O)[C@@H](Cc2ccccc2)NC(=O)[C@H](CC(=O)O)NC(=O)CNC1=O. The molecule has 13 amide bonds. The zero-order valence-corrected chi connectivity index (χ0v) is 62.1. The molecule has 22 N–H and O–H groups in total. The highest BCUT2D eigenvalue weighted by Crippen LogP contribution is 2.15. The number of aryl methyl sites for hydroxylation is 1. The highest BCUT2D eigenvalue weighted by atomic mass is 16.4. The molecule has 2 aliphatic rings. The summed E-state index contributed by atoms with van der Waals surface area (Å²) in [5.41, 5.74) is 11.2. The molecule has 0 saturated carbocycles. The number of amidine groups is 1. The minimum absolute atomic E-state index is 0.0200. The number of amides is 13. The smallest absolute Gasteiger partial charge is 0.305 e. The van der Waals surface area contributed by atoms with E-state index in [1.165, 1.54) is 25.3 Å². The van der Waals surface area contributed by atoms with Crippen molar-refractivity contribution in [1.82, 2.24) is 84.7 Å². The number of benzene rings is 3. The van der Waals surface area contributed by atoms with Crippen molar-refractivity contribution in [2.45, 2.75) is 171 Å². The normalized spacial score (nSPS) is 19.9. The van der Waals surface area contributed by atoms with Crippen molar-refractivity contribution >= 4 is 113 Å². The number of carboxylic acids is 2. The number of hydrazone groups is 1. The minimum atomic E-state index is -1.71. The Kier molecular flexibility index (Phi) is 36.5. The largest absolute Gasteiger partial charge is 0.481 e. The Labute approximate surface area is 645 Å². The first-order valence-electron chi connectivity index (χ1n) is 36.6. The van der Waals surface area contributed by atoms with Gasteiger partial charge in [-0.15, -0.1) is 0 Å². The van der Waals surface area contributed by atoms with Crippen LogP contribution in [0.25, 0.3) is 0 Å². The van der Waals surface area contributed by atoms with Gasteiger partial charge < -0.3 is 95.7 Å². The van der Waals surface area contributed by atoms with Crippen molar-refractivity contribution in [2.24, 2.45) is 10.8 Å². The highest BCUT2D eigenvalue weighted by Gasteiger charge is 2.36. The molecule has 0 unspecified atom stereocenters. The number of carbonyl (C=O) groups excluding carboxylic acids is 13. The quantitative estimate of drug-likeness (QED) is 0.00979. The van der Waals surface area contributed by atoms with E-state index in [1.54, 1.807) is 66.9 Å². The average Bonchev–Trinajstić information content (AvgIpc) is 1.52. The number of nitrogens with zero attached hydrogens (tertiary/aromatic N) is 2. The molecule has 3 aromatic carbocycles. The predicted octanol–water partition coefficient (Wildman–Crippen LogP) is -2.51. The van der Waals surface area contributed by atoms with E-state index in [-0.39, 0.29) is 139 Å². The Morgan fingerprint density at radius 1 is 0.518 bits per heavy atom. The van der Waals surface area contributed by atoms with Gasteiger partial charge in [0.1, 0.15) is 60.2 Å². The second-order valence-electron chi connectivity index (χ2n) is 26.7. The van der Waals surface area contributed by atoms with Crippen LogP contribution in [0.1, 0.15) is 129 Å². The lowest BCUT2D eigenvalue weighted by atomic mass is 10.0. The zero-order valence-electron chi connectivity index (χ0n) is 62.1. The summed E-state index contributed by atoms with van der Waals surface area (Å²) < 4.78 is 0. The molecule has 2 aliphatic heterocycles. The van der Waals surface area contributed by atoms with Crippen molar-refractivity contribution in [2.75, 3.05) is 44.7 Å². The van der Waals surface area contributed by atoms with Gasteiger partial charge in [-0.1, -0.05) is 84.9 Å². The first kappa shape index (κ1) is 88.0. The third-order valence-corrected chi connectivity index (χ3v) is 17.7. The number of aromatic nitrogens is 1. The molecule has 6 rings (SSSR count). The van der Waals surface area contributed by atoms with Crippen molar-refractivity contribution in [3.05, 3.63) is 131 Å². The van der Waals surface area contributed by atoms with E-state index in [4.69, 9.17) is 16.6 Å². The molecule has 4 aromatic rings. The summed E-state index contributed by atoms with van der Waals surface area (Å²) in [6.07, 6.45) is 0.639. The summed E-state index contributed by atoms with van der Waals surface area (Å²) >= 11 is 0. The number of carboxylic acid groups (broad SMARTS) is 2. The summed E-state index contributed by atoms with van der Waals surface area (Å²) in [6, 6.07) is 14.1. The number of guanidine groups is 1. The van der Waals surface area contributed by atoms with Crippen LogP contribution >= 0.6 is 0 Å². The van der Waals surface area contributed by atoms with E-state index in [2.05, 4.69) is 95.3 Å². The number of hydrogen-bond acceptors (Lipinski definition) is 20. The summed E-state index contributed by atoms with van der Waals surface area (Å²) in [6.45, 7) is 2.13. The maximum Gasteiger partial charge on any atom is 0.305 e. The lowest BCUT2D eigenvalue weighted by Crippen LogP contribution is -2.58. The summed E-state index contributed by atoms with van der Waals surface area (Å²) in [4.78, 5) is 209. The van der Waals surface area contributed by atoms with Crippen LogP contribution in [0.5, 0.6) is 0 Å². The first-order chi connectivity index (χ1) is 53.6. The molecule has 112 heavy (non-hydrogen) atoms. The number of aliphatic carboxylic acids is 2. The maximum absolute atomic E-state index is 14.4. The van der Waals surface area contributed by atoms with Gasteiger partial charge >= 0.3 is 11.9 Å². The lowest BCUT2D eigenvalue weighted by molar-refractivity contribution is -0.141. The van der Waals surface area contributed by atoms with Crippen molar-refractivity contribution in [1.29, 1.82) is 10.8 Å². The molecule has 0 spiro atoms. The number of unbranched alkanes of at least 4 members (excludes halogenated alkanes) is 2. The number of rotatable bonds is 35. The Morgan fingerprint density at radius 2 is 0.946 bits per heavy atom.